The molecule has 0 N–H and O–H groups in total. The molecule has 1 aliphatic rings. The smallest absolute Gasteiger partial charge is 0.275 e. The third-order valence-electron chi connectivity index (χ3n) is 7.82. The summed E-state index contributed by atoms with van der Waals surface area (Å²) in [6.45, 7) is 14.1. The Hall–Kier alpha value is -2.07. The van der Waals surface area contributed by atoms with Crippen LogP contribution in [-0.2, 0) is 41.5 Å². The van der Waals surface area contributed by atoms with E-state index in [1.807, 2.05) is 67.6 Å². The van der Waals surface area contributed by atoms with Gasteiger partial charge < -0.3 is 18.6 Å². The molecule has 2 aromatic rings. The summed E-state index contributed by atoms with van der Waals surface area (Å²) in [5, 5.41) is 1.25. The molecule has 1 amide bonds. The Bertz CT molecular complexity index is 997. The van der Waals surface area contributed by atoms with Crippen LogP contribution in [0.15, 0.2) is 60.7 Å². The molecule has 1 heterocycles. The molecule has 2 aromatic carbocycles. The Kier molecular flexibility index (Phi) is 10.7. The number of carbonyl (C=O) groups is 1. The van der Waals surface area contributed by atoms with Crippen molar-refractivity contribution in [3.05, 3.63) is 71.8 Å². The average molecular weight is 544 g/mol. The van der Waals surface area contributed by atoms with Crippen LogP contribution in [0.2, 0.25) is 18.1 Å². The van der Waals surface area contributed by atoms with E-state index in [0.717, 1.165) is 11.1 Å². The van der Waals surface area contributed by atoms with Crippen molar-refractivity contribution in [3.63, 3.8) is 0 Å². The minimum Gasteiger partial charge on any atom is -0.414 e. The van der Waals surface area contributed by atoms with Crippen LogP contribution < -0.4 is 0 Å². The second-order valence-corrected chi connectivity index (χ2v) is 16.4. The lowest BCUT2D eigenvalue weighted by Gasteiger charge is -2.46. The van der Waals surface area contributed by atoms with Crippen LogP contribution in [0.25, 0.3) is 0 Å². The van der Waals surface area contributed by atoms with Crippen molar-refractivity contribution >= 4 is 14.2 Å². The molecule has 5 atom stereocenters. The van der Waals surface area contributed by atoms with Gasteiger partial charge in [-0.3, -0.25) is 9.63 Å². The fourth-order valence-corrected chi connectivity index (χ4v) is 5.26. The van der Waals surface area contributed by atoms with Crippen LogP contribution in [0.4, 0.5) is 0 Å². The van der Waals surface area contributed by atoms with Crippen LogP contribution >= 0.6 is 0 Å². The Labute approximate surface area is 229 Å². The van der Waals surface area contributed by atoms with Gasteiger partial charge in [-0.25, -0.2) is 5.06 Å². The maximum Gasteiger partial charge on any atom is 0.275 e. The lowest BCUT2D eigenvalue weighted by atomic mass is 9.87. The van der Waals surface area contributed by atoms with Crippen LogP contribution in [-0.4, -0.2) is 64.5 Å². The van der Waals surface area contributed by atoms with Gasteiger partial charge in [-0.05, 0) is 29.3 Å². The summed E-state index contributed by atoms with van der Waals surface area (Å²) in [6, 6.07) is 20.1. The van der Waals surface area contributed by atoms with Gasteiger partial charge >= 0.3 is 0 Å². The van der Waals surface area contributed by atoms with Crippen molar-refractivity contribution in [2.45, 2.75) is 83.5 Å². The zero-order chi connectivity index (χ0) is 27.9. The zero-order valence-corrected chi connectivity index (χ0v) is 25.2. The number of carbonyl (C=O) groups excluding carboxylic acids is 1. The normalized spacial score (nSPS) is 24.3. The second kappa shape index (κ2) is 13.3. The molecular formula is C30H45NO6Si. The Balaban J connectivity index is 1.92. The lowest BCUT2D eigenvalue weighted by molar-refractivity contribution is -0.246. The highest BCUT2D eigenvalue weighted by Crippen LogP contribution is 2.38. The van der Waals surface area contributed by atoms with Crippen LogP contribution in [0.1, 0.15) is 38.8 Å². The van der Waals surface area contributed by atoms with E-state index in [0.29, 0.717) is 19.8 Å². The van der Waals surface area contributed by atoms with Gasteiger partial charge in [0, 0.05) is 13.0 Å². The summed E-state index contributed by atoms with van der Waals surface area (Å²) in [6.07, 6.45) is -2.09. The molecule has 0 spiro atoms. The summed E-state index contributed by atoms with van der Waals surface area (Å²) < 4.78 is 26.2. The third kappa shape index (κ3) is 7.74. The molecule has 8 heteroatoms. The molecule has 210 valence electrons. The van der Waals surface area contributed by atoms with E-state index in [1.165, 1.54) is 12.2 Å². The van der Waals surface area contributed by atoms with E-state index in [-0.39, 0.29) is 16.9 Å². The minimum absolute atomic E-state index is 0.0318. The van der Waals surface area contributed by atoms with Crippen molar-refractivity contribution in [1.82, 2.24) is 5.06 Å². The van der Waals surface area contributed by atoms with Gasteiger partial charge in [0.1, 0.15) is 18.3 Å². The van der Waals surface area contributed by atoms with E-state index in [2.05, 4.69) is 33.9 Å². The topological polar surface area (TPSA) is 66.5 Å². The fourth-order valence-electron chi connectivity index (χ4n) is 4.25. The molecule has 0 saturated carbocycles. The van der Waals surface area contributed by atoms with Crippen molar-refractivity contribution in [2.75, 3.05) is 20.8 Å². The number of hydroxylamine groups is 2. The van der Waals surface area contributed by atoms with Gasteiger partial charge in [0.05, 0.1) is 33.0 Å². The summed E-state index contributed by atoms with van der Waals surface area (Å²) >= 11 is 0. The molecule has 3 rings (SSSR count). The van der Waals surface area contributed by atoms with Gasteiger partial charge in [0.25, 0.3) is 5.91 Å². The minimum atomic E-state index is -2.09. The number of benzene rings is 2. The number of hydrogen-bond donors (Lipinski definition) is 0. The van der Waals surface area contributed by atoms with Gasteiger partial charge in [-0.2, -0.15) is 0 Å². The molecule has 7 nitrogen and oxygen atoms in total. The first kappa shape index (κ1) is 30.5. The molecule has 38 heavy (non-hydrogen) atoms. The number of nitrogens with zero attached hydrogens (tertiary/aromatic N) is 1. The Morgan fingerprint density at radius 3 is 1.89 bits per heavy atom. The largest absolute Gasteiger partial charge is 0.414 e. The van der Waals surface area contributed by atoms with Gasteiger partial charge in [-0.15, -0.1) is 0 Å². The number of likely N-dealkylation sites (N-methyl/N-ethyl adjacent to an activating group) is 1. The predicted octanol–water partition coefficient (Wildman–Crippen LogP) is 5.60. The van der Waals surface area contributed by atoms with E-state index in [4.69, 9.17) is 23.5 Å². The second-order valence-electron chi connectivity index (χ2n) is 11.6. The Morgan fingerprint density at radius 2 is 1.42 bits per heavy atom. The Morgan fingerprint density at radius 1 is 0.921 bits per heavy atom. The molecule has 1 saturated heterocycles. The van der Waals surface area contributed by atoms with Crippen LogP contribution in [0.3, 0.4) is 0 Å². The molecule has 0 bridgehead atoms. The molecule has 0 aromatic heterocycles. The summed E-state index contributed by atoms with van der Waals surface area (Å²) in [5.74, 6) is -0.541. The van der Waals surface area contributed by atoms with Crippen LogP contribution in [0, 0.1) is 5.92 Å². The van der Waals surface area contributed by atoms with Crippen molar-refractivity contribution in [1.29, 1.82) is 0 Å². The van der Waals surface area contributed by atoms with Crippen LogP contribution in [0.5, 0.6) is 0 Å². The average Bonchev–Trinajstić information content (AvgIpc) is 2.90. The van der Waals surface area contributed by atoms with E-state index in [1.54, 1.807) is 7.05 Å². The molecule has 1 aliphatic heterocycles. The SMILES string of the molecule is CON(C)C(=O)[C@@H]1O[C@H](CO[Si](C)(C)C(C)(C)C)[C@@H](OCc2ccccc2)[C@H](OCc2ccccc2)[C@H]1C. The quantitative estimate of drug-likeness (QED) is 0.271. The molecule has 0 radical (unpaired) electrons. The highest BCUT2D eigenvalue weighted by molar-refractivity contribution is 6.74. The zero-order valence-electron chi connectivity index (χ0n) is 24.2. The highest BCUT2D eigenvalue weighted by atomic mass is 28.4. The molecule has 0 aliphatic carbocycles. The maximum absolute atomic E-state index is 13.3. The predicted molar refractivity (Wildman–Crippen MR) is 151 cm³/mol. The van der Waals surface area contributed by atoms with Gasteiger partial charge in [0.2, 0.25) is 0 Å². The summed E-state index contributed by atoms with van der Waals surface area (Å²) in [5.41, 5.74) is 2.11. The van der Waals surface area contributed by atoms with E-state index < -0.39 is 32.7 Å². The van der Waals surface area contributed by atoms with Crippen molar-refractivity contribution in [3.8, 4) is 0 Å². The van der Waals surface area contributed by atoms with E-state index in [9.17, 15) is 4.79 Å². The van der Waals surface area contributed by atoms with Gasteiger partial charge in [0.15, 0.2) is 8.32 Å². The highest BCUT2D eigenvalue weighted by Gasteiger charge is 2.49. The molecular weight excluding hydrogens is 498 g/mol. The monoisotopic (exact) mass is 543 g/mol. The fraction of sp³-hybridized carbons (Fsp3) is 0.567. The third-order valence-corrected chi connectivity index (χ3v) is 12.3. The number of rotatable bonds is 11. The standard InChI is InChI=1S/C30H45NO6Si/c1-22-26(34-19-23-15-11-9-12-16-23)28(35-20-24-17-13-10-14-18-24)25(21-36-38(7,8)30(2,3)4)37-27(22)29(32)31(5)33-6/h9-18,22,25-28H,19-21H2,1-8H3/t22-,25-,26-,27-,28-/m1/s1. The first-order chi connectivity index (χ1) is 17.9. The lowest BCUT2D eigenvalue weighted by Crippen LogP contribution is -2.61. The van der Waals surface area contributed by atoms with E-state index >= 15 is 0 Å². The molecule has 1 fully saturated rings. The number of hydrogen-bond acceptors (Lipinski definition) is 6. The van der Waals surface area contributed by atoms with Gasteiger partial charge in [-0.1, -0.05) is 88.4 Å². The molecule has 0 unspecified atom stereocenters. The first-order valence-corrected chi connectivity index (χ1v) is 16.3. The number of ether oxygens (including phenoxy) is 3. The van der Waals surface area contributed by atoms with Crippen molar-refractivity contribution < 1.29 is 28.3 Å². The van der Waals surface area contributed by atoms with Crippen molar-refractivity contribution in [2.24, 2.45) is 5.92 Å². The summed E-state index contributed by atoms with van der Waals surface area (Å²) in [7, 11) is 0.976. The number of amides is 1. The maximum atomic E-state index is 13.3. The first-order valence-electron chi connectivity index (χ1n) is 13.4. The summed E-state index contributed by atoms with van der Waals surface area (Å²) in [4.78, 5) is 18.5.